The van der Waals surface area contributed by atoms with Crippen LogP contribution < -0.4 is 5.32 Å². The quantitative estimate of drug-likeness (QED) is 0.859. The molecule has 0 radical (unpaired) electrons. The SMILES string of the molecule is CCC1CCC(O)(CNC(C)c2ccccc2F)CC1. The third-order valence-corrected chi connectivity index (χ3v) is 4.72. The van der Waals surface area contributed by atoms with Crippen molar-refractivity contribution in [3.63, 3.8) is 0 Å². The minimum Gasteiger partial charge on any atom is -0.389 e. The van der Waals surface area contributed by atoms with Crippen LogP contribution in [-0.2, 0) is 0 Å². The molecule has 1 aromatic carbocycles. The molecule has 0 saturated heterocycles. The Morgan fingerprint density at radius 3 is 2.60 bits per heavy atom. The molecule has 1 atom stereocenters. The average molecular weight is 279 g/mol. The van der Waals surface area contributed by atoms with Gasteiger partial charge in [0.25, 0.3) is 0 Å². The molecular weight excluding hydrogens is 253 g/mol. The second-order valence-corrected chi connectivity index (χ2v) is 6.20. The maximum absolute atomic E-state index is 13.7. The zero-order valence-electron chi connectivity index (χ0n) is 12.5. The van der Waals surface area contributed by atoms with Crippen LogP contribution in [0.1, 0.15) is 57.6 Å². The predicted molar refractivity (Wildman–Crippen MR) is 80.0 cm³/mol. The highest BCUT2D eigenvalue weighted by Gasteiger charge is 2.32. The summed E-state index contributed by atoms with van der Waals surface area (Å²) in [4.78, 5) is 0. The smallest absolute Gasteiger partial charge is 0.127 e. The predicted octanol–water partition coefficient (Wildman–Crippen LogP) is 3.81. The summed E-state index contributed by atoms with van der Waals surface area (Å²) < 4.78 is 13.7. The molecule has 2 N–H and O–H groups in total. The number of rotatable bonds is 5. The molecule has 1 aliphatic carbocycles. The van der Waals surface area contributed by atoms with Gasteiger partial charge in [-0.25, -0.2) is 4.39 Å². The summed E-state index contributed by atoms with van der Waals surface area (Å²) in [6, 6.07) is 6.74. The van der Waals surface area contributed by atoms with Crippen molar-refractivity contribution >= 4 is 0 Å². The Bertz CT molecular complexity index is 427. The first-order valence-electron chi connectivity index (χ1n) is 7.74. The van der Waals surface area contributed by atoms with Crippen molar-refractivity contribution < 1.29 is 9.50 Å². The molecule has 1 fully saturated rings. The zero-order chi connectivity index (χ0) is 14.6. The fourth-order valence-corrected chi connectivity index (χ4v) is 3.08. The molecule has 0 aromatic heterocycles. The number of benzene rings is 1. The van der Waals surface area contributed by atoms with Gasteiger partial charge < -0.3 is 10.4 Å². The zero-order valence-corrected chi connectivity index (χ0v) is 12.5. The fourth-order valence-electron chi connectivity index (χ4n) is 3.08. The van der Waals surface area contributed by atoms with Gasteiger partial charge in [0.2, 0.25) is 0 Å². The first-order chi connectivity index (χ1) is 9.54. The molecule has 0 bridgehead atoms. The summed E-state index contributed by atoms with van der Waals surface area (Å²) in [6.45, 7) is 4.70. The Morgan fingerprint density at radius 2 is 2.00 bits per heavy atom. The van der Waals surface area contributed by atoms with Crippen LogP contribution in [0.3, 0.4) is 0 Å². The van der Waals surface area contributed by atoms with Crippen LogP contribution in [0, 0.1) is 11.7 Å². The van der Waals surface area contributed by atoms with Crippen LogP contribution >= 0.6 is 0 Å². The molecule has 2 rings (SSSR count). The minimum absolute atomic E-state index is 0.0795. The van der Waals surface area contributed by atoms with Gasteiger partial charge in [-0.1, -0.05) is 31.5 Å². The Morgan fingerprint density at radius 1 is 1.35 bits per heavy atom. The van der Waals surface area contributed by atoms with Crippen LogP contribution in [0.4, 0.5) is 4.39 Å². The summed E-state index contributed by atoms with van der Waals surface area (Å²) in [7, 11) is 0. The van der Waals surface area contributed by atoms with E-state index in [2.05, 4.69) is 12.2 Å². The molecule has 0 heterocycles. The van der Waals surface area contributed by atoms with E-state index in [0.717, 1.165) is 31.6 Å². The molecule has 3 heteroatoms. The van der Waals surface area contributed by atoms with Crippen molar-refractivity contribution in [2.24, 2.45) is 5.92 Å². The van der Waals surface area contributed by atoms with E-state index in [1.54, 1.807) is 12.1 Å². The first kappa shape index (κ1) is 15.5. The van der Waals surface area contributed by atoms with Gasteiger partial charge in [0.1, 0.15) is 5.82 Å². The highest BCUT2D eigenvalue weighted by molar-refractivity contribution is 5.20. The lowest BCUT2D eigenvalue weighted by Gasteiger charge is -2.36. The summed E-state index contributed by atoms with van der Waals surface area (Å²) in [5, 5.41) is 13.9. The lowest BCUT2D eigenvalue weighted by atomic mass is 9.77. The molecule has 0 amide bonds. The molecular formula is C17H26FNO. The lowest BCUT2D eigenvalue weighted by molar-refractivity contribution is -0.0104. The van der Waals surface area contributed by atoms with Crippen LogP contribution in [0.25, 0.3) is 0 Å². The molecule has 1 saturated carbocycles. The lowest BCUT2D eigenvalue weighted by Crippen LogP contribution is -2.44. The molecule has 2 nitrogen and oxygen atoms in total. The van der Waals surface area contributed by atoms with Crippen molar-refractivity contribution in [1.29, 1.82) is 0 Å². The fraction of sp³-hybridized carbons (Fsp3) is 0.647. The van der Waals surface area contributed by atoms with Crippen molar-refractivity contribution in [2.75, 3.05) is 6.54 Å². The molecule has 1 aromatic rings. The van der Waals surface area contributed by atoms with E-state index in [4.69, 9.17) is 0 Å². The Labute approximate surface area is 121 Å². The molecule has 0 spiro atoms. The Balaban J connectivity index is 1.87. The number of nitrogens with one attached hydrogen (secondary N) is 1. The van der Waals surface area contributed by atoms with Gasteiger partial charge in [0, 0.05) is 18.2 Å². The van der Waals surface area contributed by atoms with Gasteiger partial charge in [0.05, 0.1) is 5.60 Å². The molecule has 1 aliphatic rings. The van der Waals surface area contributed by atoms with Gasteiger partial charge in [0.15, 0.2) is 0 Å². The van der Waals surface area contributed by atoms with E-state index >= 15 is 0 Å². The average Bonchev–Trinajstić information content (AvgIpc) is 2.46. The molecule has 112 valence electrons. The van der Waals surface area contributed by atoms with Crippen LogP contribution in [0.2, 0.25) is 0 Å². The van der Waals surface area contributed by atoms with Crippen molar-refractivity contribution in [3.05, 3.63) is 35.6 Å². The van der Waals surface area contributed by atoms with Gasteiger partial charge in [-0.2, -0.15) is 0 Å². The van der Waals surface area contributed by atoms with Crippen molar-refractivity contribution in [2.45, 2.75) is 57.6 Å². The maximum atomic E-state index is 13.7. The van der Waals surface area contributed by atoms with E-state index in [9.17, 15) is 9.50 Å². The summed E-state index contributed by atoms with van der Waals surface area (Å²) in [6.07, 6.45) is 5.10. The number of hydrogen-bond acceptors (Lipinski definition) is 2. The van der Waals surface area contributed by atoms with Crippen molar-refractivity contribution in [1.82, 2.24) is 5.32 Å². The van der Waals surface area contributed by atoms with E-state index in [1.165, 1.54) is 12.5 Å². The van der Waals surface area contributed by atoms with Gasteiger partial charge >= 0.3 is 0 Å². The first-order valence-corrected chi connectivity index (χ1v) is 7.74. The molecule has 1 unspecified atom stereocenters. The monoisotopic (exact) mass is 279 g/mol. The van der Waals surface area contributed by atoms with E-state index in [0.29, 0.717) is 12.1 Å². The summed E-state index contributed by atoms with van der Waals surface area (Å²) in [5.74, 6) is 0.577. The normalized spacial score (nSPS) is 28.3. The standard InChI is InChI=1S/C17H26FNO/c1-3-14-8-10-17(20,11-9-14)12-19-13(2)15-6-4-5-7-16(15)18/h4-7,13-14,19-20H,3,8-12H2,1-2H3. The Hall–Kier alpha value is -0.930. The van der Waals surface area contributed by atoms with Gasteiger partial charge in [-0.3, -0.25) is 0 Å². The Kier molecular flexibility index (Phi) is 5.17. The minimum atomic E-state index is -0.620. The summed E-state index contributed by atoms with van der Waals surface area (Å²) in [5.41, 5.74) is 0.0453. The highest BCUT2D eigenvalue weighted by Crippen LogP contribution is 2.33. The third kappa shape index (κ3) is 3.80. The number of hydrogen-bond donors (Lipinski definition) is 2. The van der Waals surface area contributed by atoms with Crippen LogP contribution in [0.5, 0.6) is 0 Å². The summed E-state index contributed by atoms with van der Waals surface area (Å²) >= 11 is 0. The van der Waals surface area contributed by atoms with Gasteiger partial charge in [-0.05, 0) is 44.6 Å². The van der Waals surface area contributed by atoms with Crippen LogP contribution in [0.15, 0.2) is 24.3 Å². The third-order valence-electron chi connectivity index (χ3n) is 4.72. The second-order valence-electron chi connectivity index (χ2n) is 6.20. The molecule has 0 aliphatic heterocycles. The van der Waals surface area contributed by atoms with E-state index in [1.807, 2.05) is 13.0 Å². The van der Waals surface area contributed by atoms with Gasteiger partial charge in [-0.15, -0.1) is 0 Å². The topological polar surface area (TPSA) is 32.3 Å². The van der Waals surface area contributed by atoms with E-state index < -0.39 is 5.60 Å². The number of halogens is 1. The molecule has 20 heavy (non-hydrogen) atoms. The van der Waals surface area contributed by atoms with Crippen molar-refractivity contribution in [3.8, 4) is 0 Å². The second kappa shape index (κ2) is 6.68. The highest BCUT2D eigenvalue weighted by atomic mass is 19.1. The van der Waals surface area contributed by atoms with E-state index in [-0.39, 0.29) is 11.9 Å². The maximum Gasteiger partial charge on any atom is 0.127 e. The number of aliphatic hydroxyl groups is 1. The van der Waals surface area contributed by atoms with Crippen LogP contribution in [-0.4, -0.2) is 17.3 Å². The largest absolute Gasteiger partial charge is 0.389 e.